The first-order chi connectivity index (χ1) is 16.1. The highest BCUT2D eigenvalue weighted by atomic mass is 31.1. The molecule has 0 aliphatic heterocycles. The molecule has 0 N–H and O–H groups in total. The van der Waals surface area contributed by atoms with Gasteiger partial charge in [-0.25, -0.2) is 0 Å². The topological polar surface area (TPSA) is 63.2 Å². The highest BCUT2D eigenvalue weighted by Gasteiger charge is 2.28. The lowest BCUT2D eigenvalue weighted by Crippen LogP contribution is -2.26. The van der Waals surface area contributed by atoms with E-state index in [0.717, 1.165) is 39.3 Å². The van der Waals surface area contributed by atoms with Crippen molar-refractivity contribution >= 4 is 30.1 Å². The Bertz CT molecular complexity index is 1020. The van der Waals surface area contributed by atoms with Crippen molar-refractivity contribution in [1.82, 2.24) is 0 Å². The number of para-hydroxylation sites is 2. The zero-order valence-electron chi connectivity index (χ0n) is 19.4. The zero-order chi connectivity index (χ0) is 23.6. The minimum absolute atomic E-state index is 0.00127. The van der Waals surface area contributed by atoms with Gasteiger partial charge < -0.3 is 23.7 Å². The third-order valence-corrected chi connectivity index (χ3v) is 7.50. The lowest BCUT2D eigenvalue weighted by atomic mass is 10.1. The molecule has 0 fully saturated rings. The van der Waals surface area contributed by atoms with Crippen molar-refractivity contribution in [1.29, 1.82) is 0 Å². The van der Waals surface area contributed by atoms with Gasteiger partial charge in [-0.3, -0.25) is 4.79 Å². The van der Waals surface area contributed by atoms with E-state index in [-0.39, 0.29) is 6.79 Å². The van der Waals surface area contributed by atoms with Crippen molar-refractivity contribution in [3.63, 3.8) is 0 Å². The van der Waals surface area contributed by atoms with Crippen molar-refractivity contribution in [2.45, 2.75) is 6.92 Å². The van der Waals surface area contributed by atoms with Crippen molar-refractivity contribution < 1.29 is 28.5 Å². The van der Waals surface area contributed by atoms with Crippen LogP contribution < -0.4 is 30.1 Å². The van der Waals surface area contributed by atoms with Gasteiger partial charge in [-0.1, -0.05) is 36.4 Å². The van der Waals surface area contributed by atoms with E-state index in [2.05, 4.69) is 6.07 Å². The second-order valence-electron chi connectivity index (χ2n) is 7.16. The molecule has 3 aromatic carbocycles. The Morgan fingerprint density at radius 1 is 0.818 bits per heavy atom. The maximum atomic E-state index is 12.0. The Morgan fingerprint density at radius 3 is 1.97 bits per heavy atom. The lowest BCUT2D eigenvalue weighted by molar-refractivity contribution is -0.00820. The van der Waals surface area contributed by atoms with Crippen LogP contribution in [0.1, 0.15) is 15.9 Å². The molecule has 174 valence electrons. The van der Waals surface area contributed by atoms with Gasteiger partial charge in [0.05, 0.1) is 33.0 Å². The van der Waals surface area contributed by atoms with Gasteiger partial charge in [0.1, 0.15) is 17.2 Å². The fourth-order valence-electron chi connectivity index (χ4n) is 3.51. The maximum absolute atomic E-state index is 12.0. The molecule has 0 saturated heterocycles. The van der Waals surface area contributed by atoms with E-state index in [9.17, 15) is 4.79 Å². The molecule has 3 aromatic rings. The molecule has 0 bridgehead atoms. The molecule has 0 amide bonds. The molecule has 0 heterocycles. The van der Waals surface area contributed by atoms with Gasteiger partial charge in [0.2, 0.25) is 0 Å². The predicted molar refractivity (Wildman–Crippen MR) is 132 cm³/mol. The Labute approximate surface area is 196 Å². The standard InChI is InChI=1S/C26H29O6P/c1-19-15-20(17-27)26(32-18-31-14-13-28-2)25(16-19)33(23-11-7-5-9-21(23)29-3)24-12-8-6-10-22(24)30-4/h5-12,15-17H,13-14,18H2,1-4H3. The van der Waals surface area contributed by atoms with Crippen molar-refractivity contribution in [3.05, 3.63) is 71.8 Å². The van der Waals surface area contributed by atoms with E-state index in [1.54, 1.807) is 21.3 Å². The summed E-state index contributed by atoms with van der Waals surface area (Å²) < 4.78 is 28.1. The van der Waals surface area contributed by atoms with Gasteiger partial charge in [-0.05, 0) is 44.7 Å². The van der Waals surface area contributed by atoms with Gasteiger partial charge in [0, 0.05) is 23.0 Å². The Balaban J connectivity index is 2.21. The van der Waals surface area contributed by atoms with Gasteiger partial charge in [0.15, 0.2) is 13.1 Å². The quantitative estimate of drug-likeness (QED) is 0.175. The monoisotopic (exact) mass is 468 g/mol. The van der Waals surface area contributed by atoms with Crippen molar-refractivity contribution in [2.24, 2.45) is 0 Å². The van der Waals surface area contributed by atoms with Crippen LogP contribution in [0.3, 0.4) is 0 Å². The summed E-state index contributed by atoms with van der Waals surface area (Å²) in [5, 5.41) is 2.87. The Kier molecular flexibility index (Phi) is 9.25. The summed E-state index contributed by atoms with van der Waals surface area (Å²) in [6, 6.07) is 19.7. The zero-order valence-corrected chi connectivity index (χ0v) is 20.3. The summed E-state index contributed by atoms with van der Waals surface area (Å²) in [6.45, 7) is 2.82. The number of carbonyl (C=O) groups is 1. The van der Waals surface area contributed by atoms with Crippen LogP contribution in [0, 0.1) is 6.92 Å². The lowest BCUT2D eigenvalue weighted by Gasteiger charge is -2.26. The number of rotatable bonds is 12. The molecular formula is C26H29O6P. The van der Waals surface area contributed by atoms with Gasteiger partial charge >= 0.3 is 0 Å². The first-order valence-electron chi connectivity index (χ1n) is 10.5. The maximum Gasteiger partial charge on any atom is 0.189 e. The summed E-state index contributed by atoms with van der Waals surface area (Å²) in [4.78, 5) is 12.0. The molecule has 0 spiro atoms. The number of hydrogen-bond acceptors (Lipinski definition) is 6. The summed E-state index contributed by atoms with van der Waals surface area (Å²) in [6.07, 6.45) is 0.818. The van der Waals surface area contributed by atoms with Crippen LogP contribution in [0.25, 0.3) is 0 Å². The van der Waals surface area contributed by atoms with Crippen LogP contribution in [0.2, 0.25) is 0 Å². The summed E-state index contributed by atoms with van der Waals surface area (Å²) >= 11 is 0. The summed E-state index contributed by atoms with van der Waals surface area (Å²) in [7, 11) is 3.72. The highest BCUT2D eigenvalue weighted by Crippen LogP contribution is 2.43. The van der Waals surface area contributed by atoms with Crippen LogP contribution >= 0.6 is 7.92 Å². The first-order valence-corrected chi connectivity index (χ1v) is 11.8. The average Bonchev–Trinajstić information content (AvgIpc) is 2.85. The summed E-state index contributed by atoms with van der Waals surface area (Å²) in [5.41, 5.74) is 1.43. The number of hydrogen-bond donors (Lipinski definition) is 0. The largest absolute Gasteiger partial charge is 0.496 e. The fraction of sp³-hybridized carbons (Fsp3) is 0.269. The Morgan fingerprint density at radius 2 is 1.42 bits per heavy atom. The molecule has 3 rings (SSSR count). The van der Waals surface area contributed by atoms with Gasteiger partial charge in [-0.2, -0.15) is 0 Å². The molecule has 0 radical (unpaired) electrons. The van der Waals surface area contributed by atoms with E-state index in [1.165, 1.54) is 0 Å². The molecule has 0 aromatic heterocycles. The molecule has 0 aliphatic rings. The number of aryl methyl sites for hydroxylation is 1. The molecule has 7 heteroatoms. The van der Waals surface area contributed by atoms with Crippen LogP contribution in [-0.4, -0.2) is 47.6 Å². The number of benzene rings is 3. The minimum atomic E-state index is -1.20. The second-order valence-corrected chi connectivity index (χ2v) is 9.28. The molecule has 0 aliphatic carbocycles. The molecule has 0 atom stereocenters. The number of methoxy groups -OCH3 is 3. The predicted octanol–water partition coefficient (Wildman–Crippen LogP) is 3.58. The fourth-order valence-corrected chi connectivity index (χ4v) is 6.26. The first kappa shape index (κ1) is 24.7. The third kappa shape index (κ3) is 5.91. The van der Waals surface area contributed by atoms with Crippen LogP contribution in [0.4, 0.5) is 0 Å². The molecule has 6 nitrogen and oxygen atoms in total. The number of ether oxygens (including phenoxy) is 5. The highest BCUT2D eigenvalue weighted by molar-refractivity contribution is 7.80. The molecule has 33 heavy (non-hydrogen) atoms. The van der Waals surface area contributed by atoms with Gasteiger partial charge in [-0.15, -0.1) is 0 Å². The molecule has 0 unspecified atom stereocenters. The van der Waals surface area contributed by atoms with E-state index >= 15 is 0 Å². The van der Waals surface area contributed by atoms with E-state index in [1.807, 2.05) is 61.5 Å². The minimum Gasteiger partial charge on any atom is -0.496 e. The number of aldehydes is 1. The normalized spacial score (nSPS) is 10.8. The van der Waals surface area contributed by atoms with E-state index < -0.39 is 7.92 Å². The van der Waals surface area contributed by atoms with Crippen LogP contribution in [0.15, 0.2) is 60.7 Å². The Hall–Kier alpha value is -2.92. The third-order valence-electron chi connectivity index (χ3n) is 4.98. The summed E-state index contributed by atoms with van der Waals surface area (Å²) in [5.74, 6) is 2.01. The second kappa shape index (κ2) is 12.4. The molecular weight excluding hydrogens is 439 g/mol. The van der Waals surface area contributed by atoms with Gasteiger partial charge in [0.25, 0.3) is 0 Å². The average molecular weight is 468 g/mol. The van der Waals surface area contributed by atoms with Crippen molar-refractivity contribution in [2.75, 3.05) is 41.3 Å². The van der Waals surface area contributed by atoms with Crippen molar-refractivity contribution in [3.8, 4) is 17.2 Å². The van der Waals surface area contributed by atoms with E-state index in [4.69, 9.17) is 23.7 Å². The van der Waals surface area contributed by atoms with Crippen LogP contribution in [-0.2, 0) is 9.47 Å². The SMILES string of the molecule is COCCOCOc1c(C=O)cc(C)cc1P(c1ccccc1OC)c1ccccc1OC. The number of carbonyl (C=O) groups excluding carboxylic acids is 1. The molecule has 0 saturated carbocycles. The van der Waals surface area contributed by atoms with Crippen LogP contribution in [0.5, 0.6) is 17.2 Å². The van der Waals surface area contributed by atoms with E-state index in [0.29, 0.717) is 24.5 Å². The smallest absolute Gasteiger partial charge is 0.189 e.